The first kappa shape index (κ1) is 21.9. The topological polar surface area (TPSA) is 53.4 Å². The third kappa shape index (κ3) is 4.17. The van der Waals surface area contributed by atoms with Gasteiger partial charge in [-0.05, 0) is 78.0 Å². The molecule has 0 N–H and O–H groups in total. The van der Waals surface area contributed by atoms with Crippen LogP contribution in [0.3, 0.4) is 0 Å². The van der Waals surface area contributed by atoms with Crippen molar-refractivity contribution in [3.8, 4) is 29.0 Å². The highest BCUT2D eigenvalue weighted by Gasteiger charge is 2.14. The second kappa shape index (κ2) is 9.21. The van der Waals surface area contributed by atoms with Gasteiger partial charge in [0.2, 0.25) is 6.79 Å². The number of aryl methyl sites for hydroxylation is 1. The van der Waals surface area contributed by atoms with E-state index in [9.17, 15) is 4.79 Å². The first-order valence-electron chi connectivity index (χ1n) is 11.4. The molecule has 0 aliphatic carbocycles. The van der Waals surface area contributed by atoms with Crippen molar-refractivity contribution in [1.82, 2.24) is 9.55 Å². The molecule has 1 aliphatic heterocycles. The summed E-state index contributed by atoms with van der Waals surface area (Å²) in [6, 6.07) is 23.0. The van der Waals surface area contributed by atoms with Gasteiger partial charge in [0.15, 0.2) is 11.5 Å². The number of aromatic nitrogens is 2. The fourth-order valence-corrected chi connectivity index (χ4v) is 4.72. The largest absolute Gasteiger partial charge is 0.454 e. The van der Waals surface area contributed by atoms with Crippen molar-refractivity contribution in [2.45, 2.75) is 6.92 Å². The van der Waals surface area contributed by atoms with Crippen molar-refractivity contribution < 1.29 is 9.47 Å². The molecule has 0 spiro atoms. The first-order chi connectivity index (χ1) is 17.7. The van der Waals surface area contributed by atoms with Gasteiger partial charge in [0.25, 0.3) is 5.56 Å². The Labute approximate surface area is 211 Å². The molecule has 174 valence electrons. The average molecular weight is 489 g/mol. The van der Waals surface area contributed by atoms with Crippen molar-refractivity contribution in [3.05, 3.63) is 116 Å². The first-order valence-corrected chi connectivity index (χ1v) is 12.3. The van der Waals surface area contributed by atoms with Crippen LogP contribution in [0.15, 0.2) is 83.0 Å². The van der Waals surface area contributed by atoms with Crippen molar-refractivity contribution >= 4 is 34.4 Å². The van der Waals surface area contributed by atoms with Gasteiger partial charge in [-0.2, -0.15) is 0 Å². The molecular formula is C30H20N2O3S. The van der Waals surface area contributed by atoms with Crippen LogP contribution in [0.4, 0.5) is 0 Å². The van der Waals surface area contributed by atoms with Crippen LogP contribution >= 0.6 is 11.3 Å². The van der Waals surface area contributed by atoms with Crippen LogP contribution in [-0.4, -0.2) is 16.3 Å². The van der Waals surface area contributed by atoms with E-state index in [4.69, 9.17) is 14.5 Å². The maximum atomic E-state index is 13.7. The van der Waals surface area contributed by atoms with E-state index in [2.05, 4.69) is 11.8 Å². The Morgan fingerprint density at radius 3 is 2.69 bits per heavy atom. The minimum atomic E-state index is -0.119. The van der Waals surface area contributed by atoms with Crippen molar-refractivity contribution in [3.63, 3.8) is 0 Å². The third-order valence-electron chi connectivity index (χ3n) is 5.91. The summed E-state index contributed by atoms with van der Waals surface area (Å²) < 4.78 is 12.6. The number of fused-ring (bicyclic) bond motifs is 2. The van der Waals surface area contributed by atoms with Gasteiger partial charge < -0.3 is 9.47 Å². The molecule has 6 heteroatoms. The van der Waals surface area contributed by atoms with E-state index in [1.807, 2.05) is 97.3 Å². The monoisotopic (exact) mass is 488 g/mol. The fourth-order valence-electron chi connectivity index (χ4n) is 4.15. The number of hydrogen-bond donors (Lipinski definition) is 0. The normalized spacial score (nSPS) is 12.1. The molecule has 0 saturated carbocycles. The Kier molecular flexibility index (Phi) is 5.61. The summed E-state index contributed by atoms with van der Waals surface area (Å²) in [5.74, 6) is 8.37. The maximum absolute atomic E-state index is 13.7. The Morgan fingerprint density at radius 2 is 1.83 bits per heavy atom. The summed E-state index contributed by atoms with van der Waals surface area (Å²) in [7, 11) is 0. The lowest BCUT2D eigenvalue weighted by molar-refractivity contribution is 0.174. The molecule has 3 aromatic carbocycles. The summed E-state index contributed by atoms with van der Waals surface area (Å²) in [5, 5.41) is 2.58. The molecule has 0 unspecified atom stereocenters. The lowest BCUT2D eigenvalue weighted by atomic mass is 10.1. The number of thiophene rings is 1. The number of ether oxygens (including phenoxy) is 2. The van der Waals surface area contributed by atoms with E-state index in [1.165, 1.54) is 0 Å². The molecule has 36 heavy (non-hydrogen) atoms. The van der Waals surface area contributed by atoms with E-state index in [0.717, 1.165) is 33.0 Å². The smallest absolute Gasteiger partial charge is 0.266 e. The molecule has 1 aliphatic rings. The lowest BCUT2D eigenvalue weighted by Gasteiger charge is -2.14. The molecule has 3 heterocycles. The SMILES string of the molecule is Cc1cc(C#Cc2cccs2)ccc1-n1c(C=Cc2ccc3c(c2)OCO3)nc2ccccc2c1=O. The molecule has 0 radical (unpaired) electrons. The maximum Gasteiger partial charge on any atom is 0.266 e. The van der Waals surface area contributed by atoms with Crippen molar-refractivity contribution in [1.29, 1.82) is 0 Å². The minimum absolute atomic E-state index is 0.119. The van der Waals surface area contributed by atoms with Gasteiger partial charge in [-0.15, -0.1) is 11.3 Å². The number of rotatable bonds is 3. The van der Waals surface area contributed by atoms with Gasteiger partial charge in [-0.25, -0.2) is 4.98 Å². The quantitative estimate of drug-likeness (QED) is 0.290. The molecule has 5 nitrogen and oxygen atoms in total. The molecular weight excluding hydrogens is 468 g/mol. The van der Waals surface area contributed by atoms with Gasteiger partial charge in [0, 0.05) is 5.56 Å². The standard InChI is InChI=1S/C30H20N2O3S/c1-20-17-21(8-12-23-5-4-16-36-23)9-13-26(20)32-29(31-25-7-3-2-6-24(25)30(32)33)15-11-22-10-14-27-28(18-22)35-19-34-27/h2-7,9-11,13-18H,19H2,1H3. The number of para-hydroxylation sites is 1. The second-order valence-corrected chi connectivity index (χ2v) is 9.25. The van der Waals surface area contributed by atoms with Gasteiger partial charge in [-0.3, -0.25) is 9.36 Å². The fraction of sp³-hybridized carbons (Fsp3) is 0.0667. The molecule has 0 saturated heterocycles. The van der Waals surface area contributed by atoms with E-state index in [0.29, 0.717) is 22.5 Å². The number of nitrogens with zero attached hydrogens (tertiary/aromatic N) is 2. The summed E-state index contributed by atoms with van der Waals surface area (Å²) in [4.78, 5) is 19.5. The van der Waals surface area contributed by atoms with Gasteiger partial charge in [0.05, 0.1) is 21.5 Å². The zero-order valence-corrected chi connectivity index (χ0v) is 20.2. The Balaban J connectivity index is 1.45. The lowest BCUT2D eigenvalue weighted by Crippen LogP contribution is -2.23. The van der Waals surface area contributed by atoms with E-state index >= 15 is 0 Å². The second-order valence-electron chi connectivity index (χ2n) is 8.30. The van der Waals surface area contributed by atoms with E-state index < -0.39 is 0 Å². The van der Waals surface area contributed by atoms with Gasteiger partial charge in [0.1, 0.15) is 5.82 Å². The molecule has 0 bridgehead atoms. The van der Waals surface area contributed by atoms with Crippen LogP contribution in [0.1, 0.15) is 27.4 Å². The summed E-state index contributed by atoms with van der Waals surface area (Å²) in [6.07, 6.45) is 3.78. The predicted molar refractivity (Wildman–Crippen MR) is 144 cm³/mol. The van der Waals surface area contributed by atoms with Crippen molar-refractivity contribution in [2.24, 2.45) is 0 Å². The molecule has 5 aromatic rings. The van der Waals surface area contributed by atoms with Gasteiger partial charge in [-0.1, -0.05) is 42.2 Å². The van der Waals surface area contributed by atoms with Crippen LogP contribution in [-0.2, 0) is 0 Å². The van der Waals surface area contributed by atoms with Crippen LogP contribution < -0.4 is 15.0 Å². The van der Waals surface area contributed by atoms with Crippen LogP contribution in [0, 0.1) is 18.8 Å². The van der Waals surface area contributed by atoms with Crippen molar-refractivity contribution in [2.75, 3.05) is 6.79 Å². The van der Waals surface area contributed by atoms with Crippen LogP contribution in [0.5, 0.6) is 11.5 Å². The highest BCUT2D eigenvalue weighted by Crippen LogP contribution is 2.33. The molecule has 0 amide bonds. The Morgan fingerprint density at radius 1 is 0.944 bits per heavy atom. The van der Waals surface area contributed by atoms with E-state index in [1.54, 1.807) is 15.9 Å². The average Bonchev–Trinajstić information content (AvgIpc) is 3.59. The van der Waals surface area contributed by atoms with Crippen LogP contribution in [0.2, 0.25) is 0 Å². The molecule has 2 aromatic heterocycles. The predicted octanol–water partition coefficient (Wildman–Crippen LogP) is 6.05. The highest BCUT2D eigenvalue weighted by atomic mass is 32.1. The number of hydrogen-bond acceptors (Lipinski definition) is 5. The zero-order valence-electron chi connectivity index (χ0n) is 19.4. The van der Waals surface area contributed by atoms with Crippen LogP contribution in [0.25, 0.3) is 28.7 Å². The number of benzene rings is 3. The van der Waals surface area contributed by atoms with E-state index in [-0.39, 0.29) is 12.4 Å². The Hall–Kier alpha value is -4.60. The highest BCUT2D eigenvalue weighted by molar-refractivity contribution is 7.10. The van der Waals surface area contributed by atoms with Gasteiger partial charge >= 0.3 is 0 Å². The molecule has 6 rings (SSSR count). The molecule has 0 atom stereocenters. The minimum Gasteiger partial charge on any atom is -0.454 e. The molecule has 0 fully saturated rings. The third-order valence-corrected chi connectivity index (χ3v) is 6.70. The summed E-state index contributed by atoms with van der Waals surface area (Å²) in [6.45, 7) is 2.21. The Bertz CT molecular complexity index is 1760. The zero-order chi connectivity index (χ0) is 24.5. The summed E-state index contributed by atoms with van der Waals surface area (Å²) >= 11 is 1.61. The summed E-state index contributed by atoms with van der Waals surface area (Å²) in [5.41, 5.74) is 4.05.